The highest BCUT2D eigenvalue weighted by atomic mass is 16.5. The molecule has 4 N–H and O–H groups in total. The molecule has 0 fully saturated rings. The Morgan fingerprint density at radius 2 is 1.79 bits per heavy atom. The number of amides is 2. The number of hydrogen-bond acceptors (Lipinski definition) is 9. The number of para-hydroxylation sites is 1. The predicted octanol–water partition coefficient (Wildman–Crippen LogP) is 1.65. The molecule has 0 saturated carbocycles. The molecule has 4 atom stereocenters. The van der Waals surface area contributed by atoms with Gasteiger partial charge in [-0.2, -0.15) is 0 Å². The van der Waals surface area contributed by atoms with Crippen LogP contribution >= 0.6 is 0 Å². The van der Waals surface area contributed by atoms with Crippen LogP contribution in [0.4, 0.5) is 0 Å². The SMILES string of the molecule is COc1ccccc1CCN(C(=O)CCCC(C)=O)C1C=C(C(=O)NCCO)C2c3cc(CO)cc(OC)c3OC2C1O. The molecule has 2 aromatic rings. The summed E-state index contributed by atoms with van der Waals surface area (Å²) >= 11 is 0. The molecule has 11 heteroatoms. The monoisotopic (exact) mass is 596 g/mol. The van der Waals surface area contributed by atoms with Crippen molar-refractivity contribution >= 4 is 17.6 Å². The van der Waals surface area contributed by atoms with Gasteiger partial charge in [0.2, 0.25) is 11.8 Å². The molecule has 232 valence electrons. The first-order valence-electron chi connectivity index (χ1n) is 14.4. The largest absolute Gasteiger partial charge is 0.496 e. The van der Waals surface area contributed by atoms with E-state index in [1.54, 1.807) is 25.3 Å². The molecule has 11 nitrogen and oxygen atoms in total. The Balaban J connectivity index is 1.76. The Morgan fingerprint density at radius 1 is 1.05 bits per heavy atom. The second-order valence-electron chi connectivity index (χ2n) is 10.7. The molecule has 0 spiro atoms. The van der Waals surface area contributed by atoms with E-state index >= 15 is 0 Å². The number of carbonyl (C=O) groups is 3. The van der Waals surface area contributed by atoms with Gasteiger partial charge in [-0.25, -0.2) is 0 Å². The quantitative estimate of drug-likeness (QED) is 0.255. The van der Waals surface area contributed by atoms with Crippen molar-refractivity contribution in [3.8, 4) is 17.2 Å². The number of nitrogens with zero attached hydrogens (tertiary/aromatic N) is 1. The zero-order valence-electron chi connectivity index (χ0n) is 24.7. The third-order valence-electron chi connectivity index (χ3n) is 7.91. The molecule has 2 amide bonds. The van der Waals surface area contributed by atoms with Crippen LogP contribution in [0, 0.1) is 0 Å². The maximum absolute atomic E-state index is 13.7. The molecule has 4 rings (SSSR count). The number of nitrogens with one attached hydrogen (secondary N) is 1. The summed E-state index contributed by atoms with van der Waals surface area (Å²) in [4.78, 5) is 40.3. The maximum Gasteiger partial charge on any atom is 0.247 e. The first-order valence-corrected chi connectivity index (χ1v) is 14.4. The van der Waals surface area contributed by atoms with E-state index in [4.69, 9.17) is 14.2 Å². The summed E-state index contributed by atoms with van der Waals surface area (Å²) in [6.07, 6.45) is 0.516. The van der Waals surface area contributed by atoms with Crippen molar-refractivity contribution in [1.29, 1.82) is 0 Å². The van der Waals surface area contributed by atoms with Crippen LogP contribution in [0.15, 0.2) is 48.0 Å². The van der Waals surface area contributed by atoms with E-state index in [-0.39, 0.29) is 56.4 Å². The minimum Gasteiger partial charge on any atom is -0.496 e. The van der Waals surface area contributed by atoms with Gasteiger partial charge in [-0.1, -0.05) is 18.2 Å². The molecule has 2 aromatic carbocycles. The van der Waals surface area contributed by atoms with Crippen molar-refractivity contribution in [2.45, 2.75) is 63.4 Å². The summed E-state index contributed by atoms with van der Waals surface area (Å²) in [6.45, 7) is 1.14. The summed E-state index contributed by atoms with van der Waals surface area (Å²) < 4.78 is 17.3. The molecule has 1 heterocycles. The first kappa shape index (κ1) is 32.0. The number of rotatable bonds is 14. The summed E-state index contributed by atoms with van der Waals surface area (Å²) in [5, 5.41) is 33.7. The number of aliphatic hydroxyl groups excluding tert-OH is 3. The number of hydrogen-bond donors (Lipinski definition) is 4. The molecule has 0 aromatic heterocycles. The number of ketones is 1. The van der Waals surface area contributed by atoms with Crippen molar-refractivity contribution in [2.24, 2.45) is 0 Å². The van der Waals surface area contributed by atoms with Gasteiger partial charge in [0.15, 0.2) is 11.5 Å². The third kappa shape index (κ3) is 7.01. The minimum absolute atomic E-state index is 0.00991. The lowest BCUT2D eigenvalue weighted by Crippen LogP contribution is -2.56. The van der Waals surface area contributed by atoms with E-state index in [0.29, 0.717) is 41.2 Å². The fourth-order valence-corrected chi connectivity index (χ4v) is 5.84. The number of aliphatic hydroxyl groups is 3. The second-order valence-corrected chi connectivity index (χ2v) is 10.7. The van der Waals surface area contributed by atoms with Crippen molar-refractivity contribution in [3.05, 3.63) is 64.7 Å². The first-order chi connectivity index (χ1) is 20.7. The smallest absolute Gasteiger partial charge is 0.247 e. The van der Waals surface area contributed by atoms with E-state index in [1.165, 1.54) is 18.9 Å². The van der Waals surface area contributed by atoms with Gasteiger partial charge in [0.25, 0.3) is 0 Å². The van der Waals surface area contributed by atoms with Crippen LogP contribution < -0.4 is 19.5 Å². The lowest BCUT2D eigenvalue weighted by molar-refractivity contribution is -0.137. The van der Waals surface area contributed by atoms with Gasteiger partial charge in [0.05, 0.1) is 39.4 Å². The molecule has 1 aliphatic heterocycles. The van der Waals surface area contributed by atoms with E-state index in [1.807, 2.05) is 24.3 Å². The highest BCUT2D eigenvalue weighted by molar-refractivity contribution is 5.96. The van der Waals surface area contributed by atoms with Gasteiger partial charge in [0, 0.05) is 37.1 Å². The number of Topliss-reactive ketones (excluding diaryl/α,β-unsaturated/α-hetero) is 1. The molecule has 0 saturated heterocycles. The molecular formula is C32H40N2O9. The van der Waals surface area contributed by atoms with E-state index < -0.39 is 30.1 Å². The zero-order valence-corrected chi connectivity index (χ0v) is 24.7. The minimum atomic E-state index is -1.23. The second kappa shape index (κ2) is 14.5. The van der Waals surface area contributed by atoms with Gasteiger partial charge in [-0.05, 0) is 55.2 Å². The lowest BCUT2D eigenvalue weighted by atomic mass is 9.77. The Hall–Kier alpha value is -3.93. The lowest BCUT2D eigenvalue weighted by Gasteiger charge is -2.41. The summed E-state index contributed by atoms with van der Waals surface area (Å²) in [6, 6.07) is 9.86. The highest BCUT2D eigenvalue weighted by Gasteiger charge is 2.51. The van der Waals surface area contributed by atoms with Crippen LogP contribution in [0.5, 0.6) is 17.2 Å². The molecule has 0 bridgehead atoms. The van der Waals surface area contributed by atoms with E-state index in [9.17, 15) is 29.7 Å². The van der Waals surface area contributed by atoms with Crippen molar-refractivity contribution in [1.82, 2.24) is 10.2 Å². The molecule has 2 aliphatic rings. The Kier molecular flexibility index (Phi) is 10.8. The van der Waals surface area contributed by atoms with Gasteiger partial charge in [0.1, 0.15) is 23.7 Å². The fourth-order valence-electron chi connectivity index (χ4n) is 5.84. The summed E-state index contributed by atoms with van der Waals surface area (Å²) in [5.41, 5.74) is 2.25. The standard InChI is InChI=1S/C32H40N2O9/c1-19(37)7-6-10-27(38)34(13-11-21-8-4-5-9-25(21)41-2)24-17-23(32(40)33-12-14-35)28-22-15-20(18-36)16-26(42-3)30(22)43-31(28)29(24)39/h4-5,8-9,15-17,24,28-29,31,35-36,39H,6-7,10-14,18H2,1-3H3,(H,33,40). The average Bonchev–Trinajstić information content (AvgIpc) is 3.40. The number of methoxy groups -OCH3 is 2. The highest BCUT2D eigenvalue weighted by Crippen LogP contribution is 2.51. The van der Waals surface area contributed by atoms with Gasteiger partial charge >= 0.3 is 0 Å². The predicted molar refractivity (Wildman–Crippen MR) is 157 cm³/mol. The molecule has 4 unspecified atom stereocenters. The fraction of sp³-hybridized carbons (Fsp3) is 0.469. The van der Waals surface area contributed by atoms with Gasteiger partial charge in [-0.3, -0.25) is 9.59 Å². The third-order valence-corrected chi connectivity index (χ3v) is 7.91. The Labute approximate surface area is 251 Å². The van der Waals surface area contributed by atoms with Crippen molar-refractivity contribution < 1.29 is 43.9 Å². The number of ether oxygens (including phenoxy) is 3. The molecule has 43 heavy (non-hydrogen) atoms. The normalized spacial score (nSPS) is 20.3. The molecular weight excluding hydrogens is 556 g/mol. The maximum atomic E-state index is 13.7. The van der Waals surface area contributed by atoms with Crippen LogP contribution in [-0.4, -0.2) is 90.0 Å². The summed E-state index contributed by atoms with van der Waals surface area (Å²) in [5.74, 6) is -0.127. The topological polar surface area (TPSA) is 155 Å². The summed E-state index contributed by atoms with van der Waals surface area (Å²) in [7, 11) is 3.03. The van der Waals surface area contributed by atoms with Crippen LogP contribution in [0.3, 0.4) is 0 Å². The van der Waals surface area contributed by atoms with Crippen molar-refractivity contribution in [2.75, 3.05) is 33.9 Å². The Morgan fingerprint density at radius 3 is 2.47 bits per heavy atom. The van der Waals surface area contributed by atoms with Crippen molar-refractivity contribution in [3.63, 3.8) is 0 Å². The molecule has 0 radical (unpaired) electrons. The zero-order chi connectivity index (χ0) is 31.1. The van der Waals surface area contributed by atoms with E-state index in [2.05, 4.69) is 5.32 Å². The average molecular weight is 597 g/mol. The Bertz CT molecular complexity index is 1360. The van der Waals surface area contributed by atoms with Gasteiger partial charge in [-0.15, -0.1) is 0 Å². The molecule has 1 aliphatic carbocycles. The van der Waals surface area contributed by atoms with Crippen LogP contribution in [-0.2, 0) is 27.4 Å². The van der Waals surface area contributed by atoms with Crippen LogP contribution in [0.2, 0.25) is 0 Å². The number of benzene rings is 2. The van der Waals surface area contributed by atoms with Crippen LogP contribution in [0.1, 0.15) is 48.8 Å². The van der Waals surface area contributed by atoms with Crippen LogP contribution in [0.25, 0.3) is 0 Å². The van der Waals surface area contributed by atoms with E-state index in [0.717, 1.165) is 5.56 Å². The number of carbonyl (C=O) groups excluding carboxylic acids is 3. The van der Waals surface area contributed by atoms with Gasteiger partial charge < -0.3 is 44.5 Å². The number of fused-ring (bicyclic) bond motifs is 3.